The number of oxazole rings is 1. The molecular weight excluding hydrogens is 328 g/mol. The van der Waals surface area contributed by atoms with Gasteiger partial charge in [-0.15, -0.1) is 0 Å². The largest absolute Gasteiger partial charge is 0.440 e. The Labute approximate surface area is 152 Å². The van der Waals surface area contributed by atoms with Crippen LogP contribution < -0.4 is 0 Å². The van der Waals surface area contributed by atoms with Gasteiger partial charge in [0.05, 0.1) is 11.6 Å². The molecular formula is C20H24N4O2. The fraction of sp³-hybridized carbons (Fsp3) is 0.450. The minimum atomic E-state index is 0.175. The molecule has 1 saturated heterocycles. The average Bonchev–Trinajstić information content (AvgIpc) is 3.24. The topological polar surface area (TPSA) is 75.0 Å². The molecule has 1 aromatic carbocycles. The van der Waals surface area contributed by atoms with Crippen molar-refractivity contribution in [2.45, 2.75) is 45.4 Å². The first kappa shape index (κ1) is 16.8. The summed E-state index contributed by atoms with van der Waals surface area (Å²) in [5.41, 5.74) is 4.91. The molecule has 26 heavy (non-hydrogen) atoms. The molecule has 0 saturated carbocycles. The zero-order chi connectivity index (χ0) is 18.1. The van der Waals surface area contributed by atoms with Crippen LogP contribution in [0, 0.1) is 13.8 Å². The molecule has 1 atom stereocenters. The molecule has 2 aromatic heterocycles. The van der Waals surface area contributed by atoms with Crippen molar-refractivity contribution in [2.75, 3.05) is 13.1 Å². The Bertz CT molecular complexity index is 894. The average molecular weight is 352 g/mol. The number of carbonyl (C=O) groups excluding carboxylic acids is 1. The fourth-order valence-corrected chi connectivity index (χ4v) is 3.63. The van der Waals surface area contributed by atoms with E-state index < -0.39 is 0 Å². The number of H-pyrrole nitrogens is 1. The Hall–Kier alpha value is -2.63. The SMILES string of the molecule is Cc1[nH]nc(CCC(=O)N2CCCC(c3nc4ccccc4o3)C2)c1C. The van der Waals surface area contributed by atoms with Crippen LogP contribution in [0.1, 0.15) is 48.0 Å². The number of aromatic nitrogens is 3. The number of piperidine rings is 1. The number of nitrogens with zero attached hydrogens (tertiary/aromatic N) is 3. The predicted octanol–water partition coefficient (Wildman–Crippen LogP) is 3.51. The molecule has 6 heteroatoms. The third-order valence-corrected chi connectivity index (χ3v) is 5.36. The van der Waals surface area contributed by atoms with E-state index in [0.29, 0.717) is 19.4 Å². The minimum Gasteiger partial charge on any atom is -0.440 e. The van der Waals surface area contributed by atoms with E-state index in [2.05, 4.69) is 15.2 Å². The molecule has 0 bridgehead atoms. The Balaban J connectivity index is 1.41. The molecule has 4 rings (SSSR count). The van der Waals surface area contributed by atoms with E-state index in [-0.39, 0.29) is 11.8 Å². The molecule has 0 aliphatic carbocycles. The van der Waals surface area contributed by atoms with Gasteiger partial charge in [0.15, 0.2) is 11.5 Å². The Morgan fingerprint density at radius 2 is 2.19 bits per heavy atom. The van der Waals surface area contributed by atoms with Crippen molar-refractivity contribution in [2.24, 2.45) is 0 Å². The van der Waals surface area contributed by atoms with Gasteiger partial charge < -0.3 is 9.32 Å². The van der Waals surface area contributed by atoms with Gasteiger partial charge >= 0.3 is 0 Å². The number of likely N-dealkylation sites (tertiary alicyclic amines) is 1. The lowest BCUT2D eigenvalue weighted by atomic mass is 9.97. The van der Waals surface area contributed by atoms with Gasteiger partial charge in [-0.3, -0.25) is 9.89 Å². The maximum absolute atomic E-state index is 12.7. The van der Waals surface area contributed by atoms with Gasteiger partial charge in [-0.1, -0.05) is 12.1 Å². The number of aromatic amines is 1. The molecule has 136 valence electrons. The van der Waals surface area contributed by atoms with E-state index in [1.807, 2.05) is 43.0 Å². The van der Waals surface area contributed by atoms with Crippen molar-refractivity contribution in [1.82, 2.24) is 20.1 Å². The fourth-order valence-electron chi connectivity index (χ4n) is 3.63. The van der Waals surface area contributed by atoms with Crippen molar-refractivity contribution in [1.29, 1.82) is 0 Å². The van der Waals surface area contributed by atoms with Gasteiger partial charge in [0, 0.05) is 31.6 Å². The molecule has 0 spiro atoms. The lowest BCUT2D eigenvalue weighted by molar-refractivity contribution is -0.132. The van der Waals surface area contributed by atoms with Crippen molar-refractivity contribution in [3.63, 3.8) is 0 Å². The smallest absolute Gasteiger partial charge is 0.222 e. The van der Waals surface area contributed by atoms with Crippen LogP contribution in [-0.4, -0.2) is 39.1 Å². The van der Waals surface area contributed by atoms with Gasteiger partial charge in [0.25, 0.3) is 0 Å². The Kier molecular flexibility index (Phi) is 4.49. The first-order chi connectivity index (χ1) is 12.6. The summed E-state index contributed by atoms with van der Waals surface area (Å²) in [6.07, 6.45) is 3.16. The number of aryl methyl sites for hydroxylation is 2. The van der Waals surface area contributed by atoms with E-state index in [9.17, 15) is 4.79 Å². The highest BCUT2D eigenvalue weighted by Crippen LogP contribution is 2.29. The number of rotatable bonds is 4. The standard InChI is InChI=1S/C20H24N4O2/c1-13-14(2)22-23-16(13)9-10-19(25)24-11-5-6-15(12-24)20-21-17-7-3-4-8-18(17)26-20/h3-4,7-8,15H,5-6,9-12H2,1-2H3,(H,22,23). The van der Waals surface area contributed by atoms with Crippen LogP contribution in [0.4, 0.5) is 0 Å². The van der Waals surface area contributed by atoms with Crippen LogP contribution in [0.25, 0.3) is 11.1 Å². The molecule has 1 amide bonds. The molecule has 0 radical (unpaired) electrons. The summed E-state index contributed by atoms with van der Waals surface area (Å²) in [5, 5.41) is 7.28. The molecule has 1 aliphatic rings. The zero-order valence-electron chi connectivity index (χ0n) is 15.3. The van der Waals surface area contributed by atoms with E-state index >= 15 is 0 Å². The van der Waals surface area contributed by atoms with Gasteiger partial charge in [-0.25, -0.2) is 4.98 Å². The third kappa shape index (κ3) is 3.23. The second kappa shape index (κ2) is 6.94. The second-order valence-corrected chi connectivity index (χ2v) is 7.12. The van der Waals surface area contributed by atoms with E-state index in [1.54, 1.807) is 0 Å². The summed E-state index contributed by atoms with van der Waals surface area (Å²) >= 11 is 0. The summed E-state index contributed by atoms with van der Waals surface area (Å²) in [7, 11) is 0. The molecule has 1 unspecified atom stereocenters. The van der Waals surface area contributed by atoms with Gasteiger partial charge in [-0.05, 0) is 44.4 Å². The van der Waals surface area contributed by atoms with E-state index in [1.165, 1.54) is 0 Å². The molecule has 3 heterocycles. The summed E-state index contributed by atoms with van der Waals surface area (Å²) in [6.45, 7) is 5.55. The van der Waals surface area contributed by atoms with Crippen LogP contribution in [-0.2, 0) is 11.2 Å². The number of hydrogen-bond donors (Lipinski definition) is 1. The third-order valence-electron chi connectivity index (χ3n) is 5.36. The second-order valence-electron chi connectivity index (χ2n) is 7.12. The summed E-state index contributed by atoms with van der Waals surface area (Å²) in [6, 6.07) is 7.81. The lowest BCUT2D eigenvalue weighted by Gasteiger charge is -2.31. The van der Waals surface area contributed by atoms with Gasteiger partial charge in [0.1, 0.15) is 5.52 Å². The summed E-state index contributed by atoms with van der Waals surface area (Å²) in [5.74, 6) is 1.11. The zero-order valence-corrected chi connectivity index (χ0v) is 15.3. The van der Waals surface area contributed by atoms with Crippen LogP contribution in [0.15, 0.2) is 28.7 Å². The van der Waals surface area contributed by atoms with Crippen LogP contribution in [0.2, 0.25) is 0 Å². The van der Waals surface area contributed by atoms with Crippen molar-refractivity contribution in [3.05, 3.63) is 47.1 Å². The number of para-hydroxylation sites is 2. The quantitative estimate of drug-likeness (QED) is 0.780. The number of carbonyl (C=O) groups is 1. The van der Waals surface area contributed by atoms with Gasteiger partial charge in [-0.2, -0.15) is 5.10 Å². The van der Waals surface area contributed by atoms with Crippen molar-refractivity contribution >= 4 is 17.0 Å². The van der Waals surface area contributed by atoms with E-state index in [4.69, 9.17) is 4.42 Å². The summed E-state index contributed by atoms with van der Waals surface area (Å²) < 4.78 is 5.92. The maximum Gasteiger partial charge on any atom is 0.222 e. The highest BCUT2D eigenvalue weighted by molar-refractivity contribution is 5.76. The first-order valence-electron chi connectivity index (χ1n) is 9.25. The lowest BCUT2D eigenvalue weighted by Crippen LogP contribution is -2.39. The maximum atomic E-state index is 12.7. The number of hydrogen-bond acceptors (Lipinski definition) is 4. The Morgan fingerprint density at radius 1 is 1.35 bits per heavy atom. The van der Waals surface area contributed by atoms with Crippen LogP contribution in [0.3, 0.4) is 0 Å². The number of benzene rings is 1. The number of fused-ring (bicyclic) bond motifs is 1. The summed E-state index contributed by atoms with van der Waals surface area (Å²) in [4.78, 5) is 19.3. The number of amides is 1. The number of nitrogens with one attached hydrogen (secondary N) is 1. The predicted molar refractivity (Wildman–Crippen MR) is 98.9 cm³/mol. The molecule has 3 aromatic rings. The van der Waals surface area contributed by atoms with Crippen LogP contribution >= 0.6 is 0 Å². The van der Waals surface area contributed by atoms with Crippen molar-refractivity contribution in [3.8, 4) is 0 Å². The van der Waals surface area contributed by atoms with Crippen LogP contribution in [0.5, 0.6) is 0 Å². The monoisotopic (exact) mass is 352 g/mol. The Morgan fingerprint density at radius 3 is 2.96 bits per heavy atom. The molecule has 1 fully saturated rings. The highest BCUT2D eigenvalue weighted by atomic mass is 16.3. The molecule has 1 aliphatic heterocycles. The van der Waals surface area contributed by atoms with Crippen molar-refractivity contribution < 1.29 is 9.21 Å². The molecule has 6 nitrogen and oxygen atoms in total. The first-order valence-corrected chi connectivity index (χ1v) is 9.25. The van der Waals surface area contributed by atoms with Gasteiger partial charge in [0.2, 0.25) is 5.91 Å². The minimum absolute atomic E-state index is 0.175. The normalized spacial score (nSPS) is 17.8. The highest BCUT2D eigenvalue weighted by Gasteiger charge is 2.28. The van der Waals surface area contributed by atoms with E-state index in [0.717, 1.165) is 53.3 Å². The molecule has 1 N–H and O–H groups in total.